The topological polar surface area (TPSA) is 71.1 Å². The van der Waals surface area contributed by atoms with E-state index in [0.717, 1.165) is 17.3 Å². The van der Waals surface area contributed by atoms with E-state index in [-0.39, 0.29) is 0 Å². The number of benzene rings is 2. The van der Waals surface area contributed by atoms with Crippen LogP contribution in [-0.2, 0) is 0 Å². The molecule has 0 bridgehead atoms. The number of hydrogen-bond donors (Lipinski definition) is 1. The Kier molecular flexibility index (Phi) is 4.95. The van der Waals surface area contributed by atoms with Crippen molar-refractivity contribution in [3.05, 3.63) is 66.2 Å². The molecular formula is C22H21N3O3. The van der Waals surface area contributed by atoms with E-state index >= 15 is 0 Å². The molecule has 0 fully saturated rings. The highest BCUT2D eigenvalue weighted by molar-refractivity contribution is 5.85. The molecule has 0 aliphatic heterocycles. The molecule has 2 aromatic heterocycles. The summed E-state index contributed by atoms with van der Waals surface area (Å²) in [6.45, 7) is 1.38. The Balaban J connectivity index is 1.74. The van der Waals surface area contributed by atoms with Crippen LogP contribution in [0.1, 0.15) is 0 Å². The van der Waals surface area contributed by atoms with Crippen molar-refractivity contribution in [3.63, 3.8) is 0 Å². The fourth-order valence-corrected chi connectivity index (χ4v) is 3.01. The van der Waals surface area contributed by atoms with Gasteiger partial charge in [0.25, 0.3) is 0 Å². The van der Waals surface area contributed by atoms with Crippen molar-refractivity contribution in [2.75, 3.05) is 27.2 Å². The fourth-order valence-electron chi connectivity index (χ4n) is 3.01. The summed E-state index contributed by atoms with van der Waals surface area (Å²) in [6, 6.07) is 17.1. The molecule has 0 aliphatic rings. The number of fused-ring (bicyclic) bond motifs is 2. The Labute approximate surface area is 162 Å². The molecule has 0 unspecified atom stereocenters. The zero-order valence-corrected chi connectivity index (χ0v) is 15.8. The van der Waals surface area contributed by atoms with Crippen LogP contribution in [0.5, 0.6) is 5.75 Å². The van der Waals surface area contributed by atoms with E-state index in [2.05, 4.69) is 10.1 Å². The van der Waals surface area contributed by atoms with Crippen LogP contribution in [0.3, 0.4) is 0 Å². The molecule has 0 saturated carbocycles. The number of likely N-dealkylation sites (N-methyl/N-ethyl adjacent to an activating group) is 1. The van der Waals surface area contributed by atoms with Gasteiger partial charge in [-0.3, -0.25) is 4.98 Å². The van der Waals surface area contributed by atoms with Crippen LogP contribution in [-0.4, -0.2) is 42.3 Å². The molecular weight excluding hydrogens is 354 g/mol. The number of nitrogens with zero attached hydrogens (tertiary/aromatic N) is 3. The predicted octanol–water partition coefficient (Wildman–Crippen LogP) is 3.88. The van der Waals surface area contributed by atoms with Gasteiger partial charge in [0.05, 0.1) is 5.39 Å². The first-order valence-electron chi connectivity index (χ1n) is 9.03. The summed E-state index contributed by atoms with van der Waals surface area (Å²) in [5, 5.41) is 16.2. The highest BCUT2D eigenvalue weighted by atomic mass is 16.5. The Hall–Kier alpha value is -3.38. The molecule has 0 saturated heterocycles. The molecule has 4 rings (SSSR count). The minimum atomic E-state index is 0.407. The lowest BCUT2D eigenvalue weighted by atomic mass is 10.1. The average Bonchev–Trinajstić information content (AvgIpc) is 2.72. The second kappa shape index (κ2) is 7.70. The molecule has 0 spiro atoms. The second-order valence-corrected chi connectivity index (χ2v) is 6.82. The lowest BCUT2D eigenvalue weighted by Crippen LogP contribution is -2.19. The summed E-state index contributed by atoms with van der Waals surface area (Å²) in [5.74, 6) is 1.23. The van der Waals surface area contributed by atoms with Gasteiger partial charge >= 0.3 is 0 Å². The van der Waals surface area contributed by atoms with Crippen LogP contribution in [0.15, 0.2) is 70.4 Å². The molecule has 0 atom stereocenters. The zero-order chi connectivity index (χ0) is 19.5. The third kappa shape index (κ3) is 3.68. The summed E-state index contributed by atoms with van der Waals surface area (Å²) >= 11 is 0. The molecule has 2 aromatic carbocycles. The number of hydrogen-bond acceptors (Lipinski definition) is 6. The van der Waals surface area contributed by atoms with E-state index in [4.69, 9.17) is 9.15 Å². The van der Waals surface area contributed by atoms with Crippen molar-refractivity contribution in [1.82, 2.24) is 9.88 Å². The first-order chi connectivity index (χ1) is 13.6. The smallest absolute Gasteiger partial charge is 0.155 e. The molecule has 142 valence electrons. The maximum atomic E-state index is 9.53. The highest BCUT2D eigenvalue weighted by Crippen LogP contribution is 2.25. The first-order valence-corrected chi connectivity index (χ1v) is 9.03. The van der Waals surface area contributed by atoms with Crippen molar-refractivity contribution >= 4 is 21.7 Å². The van der Waals surface area contributed by atoms with Crippen molar-refractivity contribution < 1.29 is 14.4 Å². The zero-order valence-electron chi connectivity index (χ0n) is 15.8. The summed E-state index contributed by atoms with van der Waals surface area (Å²) < 4.78 is 11.8. The molecule has 0 amide bonds. The van der Waals surface area contributed by atoms with Gasteiger partial charge in [0.1, 0.15) is 29.0 Å². The van der Waals surface area contributed by atoms with E-state index < -0.39 is 0 Å². The minimum Gasteiger partial charge on any atom is -0.492 e. The maximum absolute atomic E-state index is 9.53. The van der Waals surface area contributed by atoms with Gasteiger partial charge in [0.15, 0.2) is 5.76 Å². The SMILES string of the molecule is CN(C)CCOc1ccc2oc(-c3cc4ccccc4cn3)c/c(=N\O)c2c1. The minimum absolute atomic E-state index is 0.407. The van der Waals surface area contributed by atoms with Gasteiger partial charge in [-0.25, -0.2) is 0 Å². The van der Waals surface area contributed by atoms with E-state index in [1.54, 1.807) is 6.07 Å². The molecule has 1 N–H and O–H groups in total. The molecule has 4 aromatic rings. The van der Waals surface area contributed by atoms with Crippen LogP contribution >= 0.6 is 0 Å². The Bertz CT molecular complexity index is 1200. The fraction of sp³-hybridized carbons (Fsp3) is 0.182. The van der Waals surface area contributed by atoms with Gasteiger partial charge in [-0.05, 0) is 43.7 Å². The van der Waals surface area contributed by atoms with Gasteiger partial charge in [-0.2, -0.15) is 0 Å². The van der Waals surface area contributed by atoms with Gasteiger partial charge < -0.3 is 19.3 Å². The molecule has 0 aliphatic carbocycles. The van der Waals surface area contributed by atoms with E-state index in [9.17, 15) is 5.21 Å². The number of ether oxygens (including phenoxy) is 1. The van der Waals surface area contributed by atoms with E-state index in [0.29, 0.717) is 40.1 Å². The predicted molar refractivity (Wildman–Crippen MR) is 108 cm³/mol. The summed E-state index contributed by atoms with van der Waals surface area (Å²) in [5.41, 5.74) is 1.28. The number of rotatable bonds is 5. The van der Waals surface area contributed by atoms with Crippen molar-refractivity contribution in [3.8, 4) is 17.2 Å². The van der Waals surface area contributed by atoms with Gasteiger partial charge in [0.2, 0.25) is 0 Å². The normalized spacial score (nSPS) is 12.2. The van der Waals surface area contributed by atoms with Crippen molar-refractivity contribution in [2.45, 2.75) is 0 Å². The van der Waals surface area contributed by atoms with Crippen LogP contribution < -0.4 is 10.1 Å². The molecule has 2 heterocycles. The van der Waals surface area contributed by atoms with Crippen LogP contribution in [0, 0.1) is 0 Å². The average molecular weight is 375 g/mol. The van der Waals surface area contributed by atoms with Gasteiger partial charge in [0, 0.05) is 24.2 Å². The van der Waals surface area contributed by atoms with Crippen molar-refractivity contribution in [2.24, 2.45) is 5.16 Å². The molecule has 0 radical (unpaired) electrons. The summed E-state index contributed by atoms with van der Waals surface area (Å²) in [7, 11) is 3.99. The lowest BCUT2D eigenvalue weighted by molar-refractivity contribution is 0.261. The standard InChI is InChI=1S/C22H21N3O3/c1-25(2)9-10-27-17-7-8-21-18(12-17)19(24-26)13-22(28-21)20-11-15-5-3-4-6-16(15)14-23-20/h3-8,11-14,26H,9-10H2,1-2H3/b24-19+. The second-order valence-electron chi connectivity index (χ2n) is 6.82. The summed E-state index contributed by atoms with van der Waals surface area (Å²) in [4.78, 5) is 6.54. The van der Waals surface area contributed by atoms with E-state index in [1.807, 2.05) is 73.7 Å². The highest BCUT2D eigenvalue weighted by Gasteiger charge is 2.10. The largest absolute Gasteiger partial charge is 0.492 e. The Morgan fingerprint density at radius 2 is 1.89 bits per heavy atom. The number of pyridine rings is 1. The summed E-state index contributed by atoms with van der Waals surface area (Å²) in [6.07, 6.45) is 1.81. The van der Waals surface area contributed by atoms with Gasteiger partial charge in [-0.1, -0.05) is 29.4 Å². The Morgan fingerprint density at radius 3 is 2.68 bits per heavy atom. The maximum Gasteiger partial charge on any atom is 0.155 e. The Morgan fingerprint density at radius 1 is 1.07 bits per heavy atom. The van der Waals surface area contributed by atoms with E-state index in [1.165, 1.54) is 0 Å². The third-order valence-corrected chi connectivity index (χ3v) is 4.51. The third-order valence-electron chi connectivity index (χ3n) is 4.51. The quantitative estimate of drug-likeness (QED) is 0.423. The number of aromatic nitrogens is 1. The molecule has 6 nitrogen and oxygen atoms in total. The first kappa shape index (κ1) is 18.0. The van der Waals surface area contributed by atoms with Crippen LogP contribution in [0.4, 0.5) is 0 Å². The van der Waals surface area contributed by atoms with Gasteiger partial charge in [-0.15, -0.1) is 0 Å². The van der Waals surface area contributed by atoms with Crippen molar-refractivity contribution in [1.29, 1.82) is 0 Å². The monoisotopic (exact) mass is 375 g/mol. The lowest BCUT2D eigenvalue weighted by Gasteiger charge is -2.11. The van der Waals surface area contributed by atoms with Crippen LogP contribution in [0.25, 0.3) is 33.2 Å². The molecule has 6 heteroatoms. The van der Waals surface area contributed by atoms with Crippen LogP contribution in [0.2, 0.25) is 0 Å². The molecule has 28 heavy (non-hydrogen) atoms.